The van der Waals surface area contributed by atoms with Crippen LogP contribution in [0.1, 0.15) is 5.76 Å². The molecule has 0 amide bonds. The summed E-state index contributed by atoms with van der Waals surface area (Å²) < 4.78 is 5.61. The van der Waals surface area contributed by atoms with E-state index in [0.29, 0.717) is 0 Å². The van der Waals surface area contributed by atoms with Gasteiger partial charge in [0, 0.05) is 0 Å². The van der Waals surface area contributed by atoms with Crippen LogP contribution in [0, 0.1) is 6.92 Å². The van der Waals surface area contributed by atoms with Crippen LogP contribution in [-0.4, -0.2) is 8.07 Å². The lowest BCUT2D eigenvalue weighted by Gasteiger charge is -2.16. The zero-order valence-electron chi connectivity index (χ0n) is 8.05. The van der Waals surface area contributed by atoms with Crippen molar-refractivity contribution in [2.45, 2.75) is 26.1 Å². The fourth-order valence-electron chi connectivity index (χ4n) is 1.26. The standard InChI is InChI=1S/C10H16OSi/c1-5-8-12(3,4)10-7-6-9(2)11-10/h5-7H,1,8H2,2-4H3. The van der Waals surface area contributed by atoms with Crippen LogP contribution in [0.25, 0.3) is 0 Å². The second kappa shape index (κ2) is 3.31. The van der Waals surface area contributed by atoms with Gasteiger partial charge in [0.25, 0.3) is 0 Å². The minimum Gasteiger partial charge on any atom is -0.472 e. The third-order valence-electron chi connectivity index (χ3n) is 2.06. The van der Waals surface area contributed by atoms with Gasteiger partial charge in [-0.05, 0) is 25.1 Å². The van der Waals surface area contributed by atoms with Crippen LogP contribution >= 0.6 is 0 Å². The predicted octanol–water partition coefficient (Wildman–Crippen LogP) is 2.69. The third kappa shape index (κ3) is 1.88. The number of hydrogen-bond donors (Lipinski definition) is 0. The van der Waals surface area contributed by atoms with E-state index in [0.717, 1.165) is 11.8 Å². The molecule has 0 saturated carbocycles. The van der Waals surface area contributed by atoms with Crippen molar-refractivity contribution < 1.29 is 4.42 Å². The van der Waals surface area contributed by atoms with Crippen LogP contribution in [0.5, 0.6) is 0 Å². The Labute approximate surface area is 75.1 Å². The van der Waals surface area contributed by atoms with Crippen LogP contribution in [-0.2, 0) is 0 Å². The topological polar surface area (TPSA) is 13.1 Å². The molecule has 0 aliphatic carbocycles. The van der Waals surface area contributed by atoms with Crippen molar-refractivity contribution in [1.29, 1.82) is 0 Å². The summed E-state index contributed by atoms with van der Waals surface area (Å²) in [5.74, 6) is 1.01. The fraction of sp³-hybridized carbons (Fsp3) is 0.400. The molecule has 0 aliphatic rings. The van der Waals surface area contributed by atoms with Gasteiger partial charge in [0.05, 0.1) is 11.1 Å². The van der Waals surface area contributed by atoms with Crippen LogP contribution < -0.4 is 5.38 Å². The van der Waals surface area contributed by atoms with E-state index < -0.39 is 8.07 Å². The van der Waals surface area contributed by atoms with E-state index in [1.807, 2.05) is 19.1 Å². The molecule has 1 aromatic heterocycles. The Hall–Kier alpha value is -0.763. The summed E-state index contributed by atoms with van der Waals surface area (Å²) in [6, 6.07) is 5.22. The van der Waals surface area contributed by atoms with Crippen molar-refractivity contribution in [3.63, 3.8) is 0 Å². The molecule has 1 heterocycles. The van der Waals surface area contributed by atoms with Crippen molar-refractivity contribution in [3.8, 4) is 0 Å². The molecule has 0 radical (unpaired) electrons. The Bertz CT molecular complexity index is 273. The second-order valence-corrected chi connectivity index (χ2v) is 8.46. The molecule has 0 spiro atoms. The first-order valence-corrected chi connectivity index (χ1v) is 7.45. The summed E-state index contributed by atoms with van der Waals surface area (Å²) in [5, 5.41) is 1.18. The largest absolute Gasteiger partial charge is 0.472 e. The van der Waals surface area contributed by atoms with Crippen molar-refractivity contribution in [2.24, 2.45) is 0 Å². The molecule has 0 unspecified atom stereocenters. The van der Waals surface area contributed by atoms with E-state index in [4.69, 9.17) is 4.42 Å². The molecule has 1 rings (SSSR count). The quantitative estimate of drug-likeness (QED) is 0.515. The second-order valence-electron chi connectivity index (χ2n) is 3.79. The summed E-state index contributed by atoms with van der Waals surface area (Å²) in [6.45, 7) is 10.4. The van der Waals surface area contributed by atoms with E-state index >= 15 is 0 Å². The molecule has 2 heteroatoms. The zero-order chi connectivity index (χ0) is 9.19. The Morgan fingerprint density at radius 2 is 2.17 bits per heavy atom. The molecule has 66 valence electrons. The van der Waals surface area contributed by atoms with Crippen LogP contribution in [0.2, 0.25) is 19.1 Å². The van der Waals surface area contributed by atoms with Gasteiger partial charge in [-0.1, -0.05) is 19.2 Å². The molecule has 0 fully saturated rings. The van der Waals surface area contributed by atoms with Gasteiger partial charge < -0.3 is 4.42 Å². The molecule has 1 nitrogen and oxygen atoms in total. The van der Waals surface area contributed by atoms with E-state index in [1.165, 1.54) is 5.38 Å². The van der Waals surface area contributed by atoms with Crippen LogP contribution in [0.4, 0.5) is 0 Å². The minimum absolute atomic E-state index is 1.01. The number of aryl methyl sites for hydroxylation is 1. The summed E-state index contributed by atoms with van der Waals surface area (Å²) in [4.78, 5) is 0. The molecule has 0 atom stereocenters. The van der Waals surface area contributed by atoms with E-state index in [2.05, 4.69) is 25.7 Å². The molecule has 0 bridgehead atoms. The van der Waals surface area contributed by atoms with Gasteiger partial charge in [0.2, 0.25) is 0 Å². The molecule has 12 heavy (non-hydrogen) atoms. The summed E-state index contributed by atoms with van der Waals surface area (Å²) >= 11 is 0. The van der Waals surface area contributed by atoms with Gasteiger partial charge in [-0.3, -0.25) is 0 Å². The van der Waals surface area contributed by atoms with E-state index in [9.17, 15) is 0 Å². The highest BCUT2D eigenvalue weighted by Gasteiger charge is 2.25. The molecular weight excluding hydrogens is 164 g/mol. The summed E-state index contributed by atoms with van der Waals surface area (Å²) in [5.41, 5.74) is 0. The van der Waals surface area contributed by atoms with Gasteiger partial charge in [-0.2, -0.15) is 0 Å². The third-order valence-corrected chi connectivity index (χ3v) is 4.97. The Morgan fingerprint density at radius 1 is 1.50 bits per heavy atom. The van der Waals surface area contributed by atoms with E-state index in [1.54, 1.807) is 0 Å². The van der Waals surface area contributed by atoms with Gasteiger partial charge in [0.1, 0.15) is 8.07 Å². The number of furan rings is 1. The van der Waals surface area contributed by atoms with Crippen LogP contribution in [0.15, 0.2) is 29.2 Å². The first kappa shape index (κ1) is 9.33. The highest BCUT2D eigenvalue weighted by molar-refractivity contribution is 6.89. The number of rotatable bonds is 3. The SMILES string of the molecule is C=CC[Si](C)(C)c1ccc(C)o1. The smallest absolute Gasteiger partial charge is 0.130 e. The molecule has 0 N–H and O–H groups in total. The maximum absolute atomic E-state index is 5.61. The molecular formula is C10H16OSi. The average Bonchev–Trinajstić information content (AvgIpc) is 2.36. The average molecular weight is 180 g/mol. The predicted molar refractivity (Wildman–Crippen MR) is 55.6 cm³/mol. The Morgan fingerprint density at radius 3 is 2.58 bits per heavy atom. The number of hydrogen-bond acceptors (Lipinski definition) is 1. The maximum Gasteiger partial charge on any atom is 0.130 e. The molecule has 0 aromatic carbocycles. The zero-order valence-corrected chi connectivity index (χ0v) is 9.05. The van der Waals surface area contributed by atoms with Gasteiger partial charge in [-0.15, -0.1) is 6.58 Å². The minimum atomic E-state index is -1.34. The van der Waals surface area contributed by atoms with Crippen LogP contribution in [0.3, 0.4) is 0 Å². The normalized spacial score (nSPS) is 11.6. The van der Waals surface area contributed by atoms with Gasteiger partial charge in [-0.25, -0.2) is 0 Å². The number of allylic oxidation sites excluding steroid dienone is 1. The fourth-order valence-corrected chi connectivity index (χ4v) is 3.15. The monoisotopic (exact) mass is 180 g/mol. The lowest BCUT2D eigenvalue weighted by Crippen LogP contribution is -2.39. The van der Waals surface area contributed by atoms with Crippen molar-refractivity contribution in [3.05, 3.63) is 30.5 Å². The Balaban J connectivity index is 2.88. The lowest BCUT2D eigenvalue weighted by atomic mass is 10.5. The highest BCUT2D eigenvalue weighted by Crippen LogP contribution is 2.11. The molecule has 1 aromatic rings. The van der Waals surface area contributed by atoms with Crippen molar-refractivity contribution >= 4 is 13.5 Å². The van der Waals surface area contributed by atoms with Crippen molar-refractivity contribution in [1.82, 2.24) is 0 Å². The van der Waals surface area contributed by atoms with E-state index in [-0.39, 0.29) is 0 Å². The first-order chi connectivity index (χ1) is 5.56. The maximum atomic E-state index is 5.61. The first-order valence-electron chi connectivity index (χ1n) is 4.24. The molecule has 0 saturated heterocycles. The summed E-state index contributed by atoms with van der Waals surface area (Å²) in [7, 11) is -1.34. The molecule has 0 aliphatic heterocycles. The summed E-state index contributed by atoms with van der Waals surface area (Å²) in [6.07, 6.45) is 1.99. The lowest BCUT2D eigenvalue weighted by molar-refractivity contribution is 0.561. The highest BCUT2D eigenvalue weighted by atomic mass is 28.3. The van der Waals surface area contributed by atoms with Gasteiger partial charge in [0.15, 0.2) is 0 Å². The van der Waals surface area contributed by atoms with Crippen molar-refractivity contribution in [2.75, 3.05) is 0 Å². The van der Waals surface area contributed by atoms with Gasteiger partial charge >= 0.3 is 0 Å². The Kier molecular flexibility index (Phi) is 2.57.